The van der Waals surface area contributed by atoms with Crippen molar-refractivity contribution in [2.75, 3.05) is 5.32 Å². The maximum absolute atomic E-state index is 12.8. The van der Waals surface area contributed by atoms with Crippen LogP contribution in [-0.2, 0) is 0 Å². The number of hydrogen-bond donors (Lipinski definition) is 1. The number of carbonyl (C=O) groups excluding carboxylic acids is 2. The highest BCUT2D eigenvalue weighted by molar-refractivity contribution is 6.15. The number of non-ortho nitro benzene ring substituents is 1. The molecule has 0 atom stereocenters. The van der Waals surface area contributed by atoms with Gasteiger partial charge >= 0.3 is 0 Å². The van der Waals surface area contributed by atoms with E-state index in [0.717, 1.165) is 5.56 Å². The van der Waals surface area contributed by atoms with E-state index in [2.05, 4.69) is 5.32 Å². The minimum absolute atomic E-state index is 0.142. The van der Waals surface area contributed by atoms with Gasteiger partial charge in [-0.3, -0.25) is 19.7 Å². The second kappa shape index (κ2) is 7.61. The highest BCUT2D eigenvalue weighted by atomic mass is 16.6. The van der Waals surface area contributed by atoms with Crippen molar-refractivity contribution < 1.29 is 14.5 Å². The van der Waals surface area contributed by atoms with Crippen LogP contribution in [0.15, 0.2) is 72.8 Å². The first kappa shape index (κ1) is 18.0. The molecule has 0 aliphatic rings. The molecule has 0 saturated heterocycles. The molecule has 6 nitrogen and oxygen atoms in total. The number of benzene rings is 3. The number of nitrogens with one attached hydrogen (secondary N) is 1. The molecule has 0 bridgehead atoms. The van der Waals surface area contributed by atoms with E-state index in [4.69, 9.17) is 0 Å². The quantitative estimate of drug-likeness (QED) is 0.415. The lowest BCUT2D eigenvalue weighted by atomic mass is 10.00. The fourth-order valence-corrected chi connectivity index (χ4v) is 2.66. The number of aryl methyl sites for hydroxylation is 1. The summed E-state index contributed by atoms with van der Waals surface area (Å²) < 4.78 is 0. The van der Waals surface area contributed by atoms with Gasteiger partial charge < -0.3 is 5.32 Å². The molecule has 0 radical (unpaired) electrons. The van der Waals surface area contributed by atoms with Gasteiger partial charge in [-0.25, -0.2) is 0 Å². The molecular formula is C21H16N2O4. The van der Waals surface area contributed by atoms with Crippen LogP contribution in [-0.4, -0.2) is 16.6 Å². The van der Waals surface area contributed by atoms with Crippen LogP contribution in [0.25, 0.3) is 0 Å². The van der Waals surface area contributed by atoms with Crippen LogP contribution in [0, 0.1) is 17.0 Å². The highest BCUT2D eigenvalue weighted by Crippen LogP contribution is 2.23. The van der Waals surface area contributed by atoms with Crippen molar-refractivity contribution >= 4 is 23.1 Å². The molecule has 0 spiro atoms. The first-order valence-electron chi connectivity index (χ1n) is 8.22. The molecular weight excluding hydrogens is 344 g/mol. The van der Waals surface area contributed by atoms with Crippen LogP contribution in [0.4, 0.5) is 11.4 Å². The molecule has 0 unspecified atom stereocenters. The summed E-state index contributed by atoms with van der Waals surface area (Å²) in [5.74, 6) is -0.739. The predicted octanol–water partition coefficient (Wildman–Crippen LogP) is 4.39. The van der Waals surface area contributed by atoms with Crippen LogP contribution >= 0.6 is 0 Å². The van der Waals surface area contributed by atoms with Crippen LogP contribution in [0.3, 0.4) is 0 Å². The average Bonchev–Trinajstić information content (AvgIpc) is 2.68. The summed E-state index contributed by atoms with van der Waals surface area (Å²) in [5.41, 5.74) is 2.06. The summed E-state index contributed by atoms with van der Waals surface area (Å²) >= 11 is 0. The summed E-state index contributed by atoms with van der Waals surface area (Å²) in [6, 6.07) is 19.3. The van der Waals surface area contributed by atoms with Gasteiger partial charge in [0.15, 0.2) is 5.78 Å². The van der Waals surface area contributed by atoms with Crippen molar-refractivity contribution in [2.24, 2.45) is 0 Å². The Morgan fingerprint density at radius 3 is 2.30 bits per heavy atom. The van der Waals surface area contributed by atoms with Crippen molar-refractivity contribution in [1.29, 1.82) is 0 Å². The lowest BCUT2D eigenvalue weighted by Gasteiger charge is -2.12. The number of anilines is 1. The molecule has 0 aromatic heterocycles. The second-order valence-electron chi connectivity index (χ2n) is 6.01. The molecule has 6 heteroatoms. The predicted molar refractivity (Wildman–Crippen MR) is 102 cm³/mol. The van der Waals surface area contributed by atoms with E-state index < -0.39 is 10.8 Å². The van der Waals surface area contributed by atoms with Crippen molar-refractivity contribution in [1.82, 2.24) is 0 Å². The summed E-state index contributed by atoms with van der Waals surface area (Å²) in [6.45, 7) is 1.85. The van der Waals surface area contributed by atoms with Gasteiger partial charge in [-0.05, 0) is 30.7 Å². The summed E-state index contributed by atoms with van der Waals surface area (Å²) in [4.78, 5) is 35.7. The SMILES string of the molecule is Cc1ccc(C(=O)c2ccccc2)c(NC(=O)c2cccc([N+](=O)[O-])c2)c1. The molecule has 3 aromatic carbocycles. The van der Waals surface area contributed by atoms with Gasteiger partial charge in [0.2, 0.25) is 0 Å². The smallest absolute Gasteiger partial charge is 0.270 e. The van der Waals surface area contributed by atoms with Crippen molar-refractivity contribution in [3.05, 3.63) is 105 Å². The summed E-state index contributed by atoms with van der Waals surface area (Å²) in [5, 5.41) is 13.6. The second-order valence-corrected chi connectivity index (χ2v) is 6.01. The highest BCUT2D eigenvalue weighted by Gasteiger charge is 2.17. The van der Waals surface area contributed by atoms with Crippen molar-refractivity contribution in [2.45, 2.75) is 6.92 Å². The Bertz CT molecular complexity index is 1030. The largest absolute Gasteiger partial charge is 0.321 e. The molecule has 0 aliphatic carbocycles. The molecule has 3 rings (SSSR count). The van der Waals surface area contributed by atoms with E-state index in [9.17, 15) is 19.7 Å². The van der Waals surface area contributed by atoms with Crippen LogP contribution in [0.5, 0.6) is 0 Å². The Balaban J connectivity index is 1.94. The molecule has 0 saturated carbocycles. The number of carbonyl (C=O) groups is 2. The summed E-state index contributed by atoms with van der Waals surface area (Å²) in [7, 11) is 0. The van der Waals surface area contributed by atoms with Crippen LogP contribution < -0.4 is 5.32 Å². The van der Waals surface area contributed by atoms with Crippen LogP contribution in [0.2, 0.25) is 0 Å². The molecule has 0 fully saturated rings. The maximum Gasteiger partial charge on any atom is 0.270 e. The van der Waals surface area contributed by atoms with E-state index >= 15 is 0 Å². The molecule has 1 amide bonds. The topological polar surface area (TPSA) is 89.3 Å². The lowest BCUT2D eigenvalue weighted by molar-refractivity contribution is -0.384. The fraction of sp³-hybridized carbons (Fsp3) is 0.0476. The molecule has 1 N–H and O–H groups in total. The lowest BCUT2D eigenvalue weighted by Crippen LogP contribution is -2.15. The Hall–Kier alpha value is -3.80. The number of ketones is 1. The Morgan fingerprint density at radius 1 is 0.889 bits per heavy atom. The van der Waals surface area contributed by atoms with Gasteiger partial charge in [0.25, 0.3) is 11.6 Å². The zero-order chi connectivity index (χ0) is 19.4. The fourth-order valence-electron chi connectivity index (χ4n) is 2.66. The van der Waals surface area contributed by atoms with E-state index in [0.29, 0.717) is 16.8 Å². The third-order valence-corrected chi connectivity index (χ3v) is 4.02. The first-order chi connectivity index (χ1) is 13.0. The van der Waals surface area contributed by atoms with E-state index in [1.807, 2.05) is 13.0 Å². The van der Waals surface area contributed by atoms with E-state index in [-0.39, 0.29) is 17.0 Å². The minimum Gasteiger partial charge on any atom is -0.321 e. The number of nitro benzene ring substituents is 1. The third-order valence-electron chi connectivity index (χ3n) is 4.02. The number of amides is 1. The molecule has 134 valence electrons. The normalized spacial score (nSPS) is 10.3. The standard InChI is InChI=1S/C21H16N2O4/c1-14-10-11-18(20(24)15-6-3-2-4-7-15)19(12-14)22-21(25)16-8-5-9-17(13-16)23(26)27/h2-13H,1H3,(H,22,25). The zero-order valence-electron chi connectivity index (χ0n) is 14.5. The Labute approximate surface area is 155 Å². The van der Waals surface area contributed by atoms with Gasteiger partial charge in [-0.1, -0.05) is 42.5 Å². The average molecular weight is 360 g/mol. The van der Waals surface area contributed by atoms with Crippen molar-refractivity contribution in [3.63, 3.8) is 0 Å². The van der Waals surface area contributed by atoms with E-state index in [1.54, 1.807) is 42.5 Å². The van der Waals surface area contributed by atoms with Gasteiger partial charge in [-0.15, -0.1) is 0 Å². The van der Waals surface area contributed by atoms with Crippen LogP contribution in [0.1, 0.15) is 31.8 Å². The minimum atomic E-state index is -0.562. The third kappa shape index (κ3) is 4.07. The number of hydrogen-bond acceptors (Lipinski definition) is 4. The number of nitro groups is 1. The first-order valence-corrected chi connectivity index (χ1v) is 8.22. The molecule has 0 aliphatic heterocycles. The monoisotopic (exact) mass is 360 g/mol. The molecule has 0 heterocycles. The van der Waals surface area contributed by atoms with Crippen molar-refractivity contribution in [3.8, 4) is 0 Å². The number of rotatable bonds is 5. The summed E-state index contributed by atoms with van der Waals surface area (Å²) in [6.07, 6.45) is 0. The van der Waals surface area contributed by atoms with Gasteiger partial charge in [0.05, 0.1) is 10.6 Å². The molecule has 27 heavy (non-hydrogen) atoms. The molecule has 3 aromatic rings. The van der Waals surface area contributed by atoms with E-state index in [1.165, 1.54) is 24.3 Å². The number of nitrogens with zero attached hydrogens (tertiary/aromatic N) is 1. The van der Waals surface area contributed by atoms with Gasteiger partial charge in [0, 0.05) is 28.8 Å². The van der Waals surface area contributed by atoms with Gasteiger partial charge in [-0.2, -0.15) is 0 Å². The Morgan fingerprint density at radius 2 is 1.59 bits per heavy atom. The zero-order valence-corrected chi connectivity index (χ0v) is 14.5. The van der Waals surface area contributed by atoms with Gasteiger partial charge in [0.1, 0.15) is 0 Å². The maximum atomic E-state index is 12.8. The Kier molecular flexibility index (Phi) is 5.08.